The molecule has 21 heavy (non-hydrogen) atoms. The number of nitrogens with zero attached hydrogens (tertiary/aromatic N) is 5. The second kappa shape index (κ2) is 4.49. The Balaban J connectivity index is 1.60. The molecule has 7 heteroatoms. The average molecular weight is 286 g/mol. The summed E-state index contributed by atoms with van der Waals surface area (Å²) >= 11 is 0. The lowest BCUT2D eigenvalue weighted by molar-refractivity contribution is 0.0559. The largest absolute Gasteiger partial charge is 0.381 e. The molecule has 0 spiro atoms. The topological polar surface area (TPSA) is 90.8 Å². The molecular weight excluding hydrogens is 268 g/mol. The van der Waals surface area contributed by atoms with Crippen molar-refractivity contribution in [2.24, 2.45) is 0 Å². The summed E-state index contributed by atoms with van der Waals surface area (Å²) in [6.07, 6.45) is 4.59. The SMILES string of the molecule is Cc1cc(N2CC[C@](O)(c3cn[nH]n3)C2)nc(C2CC2)n1. The first-order valence-corrected chi connectivity index (χ1v) is 7.33. The van der Waals surface area contributed by atoms with Gasteiger partial charge in [-0.05, 0) is 19.8 Å². The number of nitrogens with one attached hydrogen (secondary N) is 1. The van der Waals surface area contributed by atoms with Crippen LogP contribution in [0.1, 0.15) is 42.4 Å². The highest BCUT2D eigenvalue weighted by molar-refractivity contribution is 5.43. The van der Waals surface area contributed by atoms with E-state index >= 15 is 0 Å². The highest BCUT2D eigenvalue weighted by Gasteiger charge is 2.40. The van der Waals surface area contributed by atoms with E-state index < -0.39 is 5.60 Å². The van der Waals surface area contributed by atoms with Gasteiger partial charge in [0.25, 0.3) is 0 Å². The minimum Gasteiger partial charge on any atom is -0.381 e. The normalized spacial score (nSPS) is 25.5. The van der Waals surface area contributed by atoms with Crippen LogP contribution in [0.2, 0.25) is 0 Å². The Kier molecular flexibility index (Phi) is 2.72. The Morgan fingerprint density at radius 2 is 2.24 bits per heavy atom. The van der Waals surface area contributed by atoms with Gasteiger partial charge in [-0.15, -0.1) is 0 Å². The fourth-order valence-corrected chi connectivity index (χ4v) is 2.88. The molecule has 2 aromatic rings. The van der Waals surface area contributed by atoms with Crippen LogP contribution < -0.4 is 4.90 Å². The van der Waals surface area contributed by atoms with E-state index in [1.165, 1.54) is 12.8 Å². The van der Waals surface area contributed by atoms with E-state index in [0.717, 1.165) is 23.9 Å². The highest BCUT2D eigenvalue weighted by Crippen LogP contribution is 2.39. The van der Waals surface area contributed by atoms with Gasteiger partial charge in [0.1, 0.15) is 22.9 Å². The first-order valence-electron chi connectivity index (χ1n) is 7.33. The number of β-amino-alcohol motifs (C(OH)–C–C–N with tert-alkyl or cyclic N) is 1. The molecule has 0 unspecified atom stereocenters. The molecule has 3 heterocycles. The van der Waals surface area contributed by atoms with Crippen LogP contribution in [0.3, 0.4) is 0 Å². The number of aryl methyl sites for hydroxylation is 1. The average Bonchev–Trinajstić information content (AvgIpc) is 3.00. The molecule has 2 aromatic heterocycles. The summed E-state index contributed by atoms with van der Waals surface area (Å²) in [6.45, 7) is 3.24. The van der Waals surface area contributed by atoms with Gasteiger partial charge in [-0.25, -0.2) is 9.97 Å². The van der Waals surface area contributed by atoms with Crippen LogP contribution in [-0.2, 0) is 5.60 Å². The predicted octanol–water partition coefficient (Wildman–Crippen LogP) is 0.878. The van der Waals surface area contributed by atoms with Crippen molar-refractivity contribution in [1.82, 2.24) is 25.4 Å². The maximum atomic E-state index is 10.7. The molecule has 1 atom stereocenters. The molecule has 0 aromatic carbocycles. The van der Waals surface area contributed by atoms with Gasteiger partial charge >= 0.3 is 0 Å². The first-order chi connectivity index (χ1) is 10.1. The lowest BCUT2D eigenvalue weighted by Gasteiger charge is -2.22. The third-order valence-electron chi connectivity index (χ3n) is 4.26. The van der Waals surface area contributed by atoms with Crippen molar-refractivity contribution in [3.63, 3.8) is 0 Å². The van der Waals surface area contributed by atoms with E-state index in [-0.39, 0.29) is 0 Å². The molecule has 0 bridgehead atoms. The molecule has 2 fully saturated rings. The first kappa shape index (κ1) is 12.7. The molecular formula is C14H18N6O. The number of aromatic nitrogens is 5. The third-order valence-corrected chi connectivity index (χ3v) is 4.26. The fraction of sp³-hybridized carbons (Fsp3) is 0.571. The van der Waals surface area contributed by atoms with E-state index in [0.29, 0.717) is 24.6 Å². The van der Waals surface area contributed by atoms with Gasteiger partial charge in [-0.2, -0.15) is 15.4 Å². The standard InChI is InChI=1S/C14H18N6O/c1-9-6-12(17-13(16-9)10-2-3-10)20-5-4-14(21,8-20)11-7-15-19-18-11/h6-7,10,21H,2-5,8H2,1H3,(H,15,18,19)/t14-/m1/s1. The molecule has 1 aliphatic carbocycles. The van der Waals surface area contributed by atoms with Crippen LogP contribution in [0.25, 0.3) is 0 Å². The van der Waals surface area contributed by atoms with Gasteiger partial charge in [0.05, 0.1) is 12.7 Å². The number of anilines is 1. The minimum absolute atomic E-state index is 0.486. The summed E-state index contributed by atoms with van der Waals surface area (Å²) in [7, 11) is 0. The number of rotatable bonds is 3. The molecule has 2 N–H and O–H groups in total. The summed E-state index contributed by atoms with van der Waals surface area (Å²) in [4.78, 5) is 11.3. The number of aliphatic hydroxyl groups is 1. The maximum absolute atomic E-state index is 10.7. The van der Waals surface area contributed by atoms with Gasteiger partial charge in [0, 0.05) is 30.6 Å². The maximum Gasteiger partial charge on any atom is 0.134 e. The molecule has 1 saturated heterocycles. The second-order valence-electron chi connectivity index (χ2n) is 6.06. The van der Waals surface area contributed by atoms with Crippen molar-refractivity contribution in [3.8, 4) is 0 Å². The van der Waals surface area contributed by atoms with Gasteiger partial charge in [-0.3, -0.25) is 0 Å². The minimum atomic E-state index is -0.953. The Morgan fingerprint density at radius 1 is 1.38 bits per heavy atom. The van der Waals surface area contributed by atoms with Gasteiger partial charge in [0.15, 0.2) is 0 Å². The Hall–Kier alpha value is -2.02. The monoisotopic (exact) mass is 286 g/mol. The van der Waals surface area contributed by atoms with E-state index in [1.807, 2.05) is 13.0 Å². The smallest absolute Gasteiger partial charge is 0.134 e. The summed E-state index contributed by atoms with van der Waals surface area (Å²) in [5.41, 5.74) is 0.628. The molecule has 1 aliphatic heterocycles. The van der Waals surface area contributed by atoms with Gasteiger partial charge in [0.2, 0.25) is 0 Å². The van der Waals surface area contributed by atoms with Crippen LogP contribution in [-0.4, -0.2) is 43.6 Å². The van der Waals surface area contributed by atoms with Crippen molar-refractivity contribution in [2.75, 3.05) is 18.0 Å². The fourth-order valence-electron chi connectivity index (χ4n) is 2.88. The van der Waals surface area contributed by atoms with Gasteiger partial charge < -0.3 is 10.0 Å². The molecule has 0 amide bonds. The van der Waals surface area contributed by atoms with Crippen molar-refractivity contribution in [1.29, 1.82) is 0 Å². The molecule has 2 aliphatic rings. The third kappa shape index (κ3) is 2.27. The highest BCUT2D eigenvalue weighted by atomic mass is 16.3. The zero-order valence-corrected chi connectivity index (χ0v) is 12.0. The summed E-state index contributed by atoms with van der Waals surface area (Å²) in [5.74, 6) is 2.38. The zero-order chi connectivity index (χ0) is 14.4. The van der Waals surface area contributed by atoms with Gasteiger partial charge in [-0.1, -0.05) is 0 Å². The lowest BCUT2D eigenvalue weighted by atomic mass is 10.0. The quantitative estimate of drug-likeness (QED) is 0.870. The van der Waals surface area contributed by atoms with Crippen molar-refractivity contribution < 1.29 is 5.11 Å². The predicted molar refractivity (Wildman–Crippen MR) is 75.9 cm³/mol. The Bertz CT molecular complexity index is 653. The van der Waals surface area contributed by atoms with Crippen LogP contribution in [0.4, 0.5) is 5.82 Å². The Morgan fingerprint density at radius 3 is 2.95 bits per heavy atom. The van der Waals surface area contributed by atoms with Crippen molar-refractivity contribution >= 4 is 5.82 Å². The number of hydrogen-bond acceptors (Lipinski definition) is 6. The van der Waals surface area contributed by atoms with Crippen LogP contribution >= 0.6 is 0 Å². The second-order valence-corrected chi connectivity index (χ2v) is 6.06. The number of hydrogen-bond donors (Lipinski definition) is 2. The summed E-state index contributed by atoms with van der Waals surface area (Å²) in [5, 5.41) is 21.1. The van der Waals surface area contributed by atoms with Crippen LogP contribution in [0.5, 0.6) is 0 Å². The molecule has 1 saturated carbocycles. The van der Waals surface area contributed by atoms with E-state index in [9.17, 15) is 5.11 Å². The molecule has 4 rings (SSSR count). The summed E-state index contributed by atoms with van der Waals surface area (Å²) in [6, 6.07) is 1.99. The number of H-pyrrole nitrogens is 1. The number of aromatic amines is 1. The molecule has 0 radical (unpaired) electrons. The Labute approximate surface area is 122 Å². The van der Waals surface area contributed by atoms with E-state index in [2.05, 4.69) is 30.3 Å². The van der Waals surface area contributed by atoms with Crippen LogP contribution in [0, 0.1) is 6.92 Å². The summed E-state index contributed by atoms with van der Waals surface area (Å²) < 4.78 is 0. The van der Waals surface area contributed by atoms with Crippen LogP contribution in [0.15, 0.2) is 12.3 Å². The zero-order valence-electron chi connectivity index (χ0n) is 12.0. The van der Waals surface area contributed by atoms with E-state index in [4.69, 9.17) is 0 Å². The molecule has 7 nitrogen and oxygen atoms in total. The van der Waals surface area contributed by atoms with Crippen molar-refractivity contribution in [2.45, 2.75) is 37.7 Å². The molecule has 110 valence electrons. The lowest BCUT2D eigenvalue weighted by Crippen LogP contribution is -2.31. The van der Waals surface area contributed by atoms with Crippen molar-refractivity contribution in [3.05, 3.63) is 29.5 Å². The van der Waals surface area contributed by atoms with E-state index in [1.54, 1.807) is 6.20 Å².